The van der Waals surface area contributed by atoms with E-state index in [0.717, 1.165) is 5.56 Å². The van der Waals surface area contributed by atoms with Gasteiger partial charge in [0.05, 0.1) is 23.7 Å². The molecule has 7 heteroatoms. The average Bonchev–Trinajstić information content (AvgIpc) is 3.06. The maximum absolute atomic E-state index is 13.1. The highest BCUT2D eigenvalue weighted by molar-refractivity contribution is 6.51. The molecule has 2 N–H and O–H groups in total. The van der Waals surface area contributed by atoms with E-state index in [1.165, 1.54) is 17.0 Å². The first-order valence-electron chi connectivity index (χ1n) is 9.83. The number of aryl methyl sites for hydroxylation is 1. The molecular formula is C25H20ClNO5. The van der Waals surface area contributed by atoms with E-state index in [2.05, 4.69) is 0 Å². The van der Waals surface area contributed by atoms with Crippen LogP contribution in [-0.2, 0) is 9.59 Å². The highest BCUT2D eigenvalue weighted by atomic mass is 35.5. The highest BCUT2D eigenvalue weighted by Gasteiger charge is 2.47. The first-order chi connectivity index (χ1) is 15.3. The first-order valence-corrected chi connectivity index (χ1v) is 10.2. The molecule has 1 unspecified atom stereocenters. The molecular weight excluding hydrogens is 430 g/mol. The Balaban J connectivity index is 1.95. The van der Waals surface area contributed by atoms with E-state index in [4.69, 9.17) is 16.3 Å². The lowest BCUT2D eigenvalue weighted by atomic mass is 9.94. The normalized spacial score (nSPS) is 17.6. The van der Waals surface area contributed by atoms with Gasteiger partial charge in [0, 0.05) is 11.3 Å². The van der Waals surface area contributed by atoms with Crippen molar-refractivity contribution < 1.29 is 24.5 Å². The number of hydrogen-bond acceptors (Lipinski definition) is 5. The number of ether oxygens (including phenoxy) is 1. The monoisotopic (exact) mass is 449 g/mol. The Morgan fingerprint density at radius 1 is 1.03 bits per heavy atom. The number of phenols is 1. The van der Waals surface area contributed by atoms with Crippen LogP contribution in [0.5, 0.6) is 11.5 Å². The maximum atomic E-state index is 13.1. The molecule has 1 aliphatic heterocycles. The number of phenolic OH excluding ortho intramolecular Hbond substituents is 1. The summed E-state index contributed by atoms with van der Waals surface area (Å²) < 4.78 is 5.27. The van der Waals surface area contributed by atoms with Gasteiger partial charge in [0.2, 0.25) is 0 Å². The molecule has 1 saturated heterocycles. The molecule has 1 atom stereocenters. The number of hydrogen-bond donors (Lipinski definition) is 2. The molecule has 0 aliphatic carbocycles. The van der Waals surface area contributed by atoms with Crippen LogP contribution in [0.2, 0.25) is 5.02 Å². The summed E-state index contributed by atoms with van der Waals surface area (Å²) in [5.41, 5.74) is 2.05. The second-order valence-corrected chi connectivity index (χ2v) is 7.81. The average molecular weight is 450 g/mol. The van der Waals surface area contributed by atoms with Crippen molar-refractivity contribution in [3.05, 3.63) is 94.0 Å². The summed E-state index contributed by atoms with van der Waals surface area (Å²) in [7, 11) is 1.54. The first kappa shape index (κ1) is 21.5. The third-order valence-electron chi connectivity index (χ3n) is 5.43. The summed E-state index contributed by atoms with van der Waals surface area (Å²) in [4.78, 5) is 27.5. The third-order valence-corrected chi connectivity index (χ3v) is 5.74. The van der Waals surface area contributed by atoms with E-state index in [1.54, 1.807) is 61.7 Å². The Hall–Kier alpha value is -3.77. The summed E-state index contributed by atoms with van der Waals surface area (Å²) in [5, 5.41) is 21.1. The van der Waals surface area contributed by atoms with Crippen molar-refractivity contribution in [3.63, 3.8) is 0 Å². The second-order valence-electron chi connectivity index (χ2n) is 7.40. The van der Waals surface area contributed by atoms with E-state index in [0.29, 0.717) is 22.6 Å². The van der Waals surface area contributed by atoms with Crippen LogP contribution in [-0.4, -0.2) is 29.0 Å². The Bertz CT molecular complexity index is 1250. The van der Waals surface area contributed by atoms with Crippen LogP contribution in [0.4, 0.5) is 5.69 Å². The Morgan fingerprint density at radius 3 is 2.38 bits per heavy atom. The molecule has 4 rings (SSSR count). The van der Waals surface area contributed by atoms with Crippen molar-refractivity contribution in [1.82, 2.24) is 0 Å². The zero-order valence-electron chi connectivity index (χ0n) is 17.4. The van der Waals surface area contributed by atoms with E-state index in [-0.39, 0.29) is 22.1 Å². The maximum Gasteiger partial charge on any atom is 0.300 e. The van der Waals surface area contributed by atoms with Crippen molar-refractivity contribution in [2.45, 2.75) is 13.0 Å². The van der Waals surface area contributed by atoms with Gasteiger partial charge in [0.1, 0.15) is 17.3 Å². The van der Waals surface area contributed by atoms with Gasteiger partial charge in [0.15, 0.2) is 0 Å². The Labute approximate surface area is 189 Å². The van der Waals surface area contributed by atoms with Gasteiger partial charge < -0.3 is 14.9 Å². The number of aliphatic hydroxyl groups excluding tert-OH is 1. The lowest BCUT2D eigenvalue weighted by molar-refractivity contribution is -0.132. The minimum absolute atomic E-state index is 0.0647. The van der Waals surface area contributed by atoms with E-state index in [9.17, 15) is 19.8 Å². The van der Waals surface area contributed by atoms with Crippen molar-refractivity contribution in [2.24, 2.45) is 0 Å². The summed E-state index contributed by atoms with van der Waals surface area (Å²) in [6.45, 7) is 1.81. The molecule has 1 aliphatic rings. The summed E-state index contributed by atoms with van der Waals surface area (Å²) in [5.74, 6) is -1.38. The number of amides is 1. The number of carbonyl (C=O) groups is 2. The van der Waals surface area contributed by atoms with Crippen molar-refractivity contribution >= 4 is 34.7 Å². The number of rotatable bonds is 4. The van der Waals surface area contributed by atoms with Crippen LogP contribution in [0.3, 0.4) is 0 Å². The van der Waals surface area contributed by atoms with E-state index in [1.807, 2.05) is 6.92 Å². The number of anilines is 1. The van der Waals surface area contributed by atoms with E-state index >= 15 is 0 Å². The lowest BCUT2D eigenvalue weighted by Gasteiger charge is -2.25. The van der Waals surface area contributed by atoms with Gasteiger partial charge in [-0.3, -0.25) is 14.5 Å². The largest absolute Gasteiger partial charge is 0.507 e. The molecule has 1 amide bonds. The molecule has 32 heavy (non-hydrogen) atoms. The molecule has 3 aromatic rings. The Morgan fingerprint density at radius 2 is 1.75 bits per heavy atom. The van der Waals surface area contributed by atoms with Crippen LogP contribution < -0.4 is 9.64 Å². The molecule has 162 valence electrons. The van der Waals surface area contributed by atoms with Crippen molar-refractivity contribution in [2.75, 3.05) is 12.0 Å². The van der Waals surface area contributed by atoms with Crippen LogP contribution in [0, 0.1) is 6.92 Å². The Kier molecular flexibility index (Phi) is 5.63. The van der Waals surface area contributed by atoms with Crippen molar-refractivity contribution in [1.29, 1.82) is 0 Å². The molecule has 3 aromatic carbocycles. The highest BCUT2D eigenvalue weighted by Crippen LogP contribution is 2.43. The van der Waals surface area contributed by atoms with Crippen LogP contribution in [0.25, 0.3) is 5.76 Å². The zero-order chi connectivity index (χ0) is 23.0. The van der Waals surface area contributed by atoms with Crippen molar-refractivity contribution in [3.8, 4) is 11.5 Å². The fourth-order valence-electron chi connectivity index (χ4n) is 3.88. The van der Waals surface area contributed by atoms with E-state index < -0.39 is 17.7 Å². The summed E-state index contributed by atoms with van der Waals surface area (Å²) in [6.07, 6.45) is 0. The molecule has 0 aromatic heterocycles. The van der Waals surface area contributed by atoms with Crippen LogP contribution in [0.15, 0.2) is 72.3 Å². The number of aliphatic hydroxyl groups is 1. The predicted octanol–water partition coefficient (Wildman–Crippen LogP) is 4.99. The fourth-order valence-corrected chi connectivity index (χ4v) is 4.07. The standard InChI is InChI=1S/C25H20ClNO5/c1-14-12-16(9-11-20(14)32-2)23(29)21-22(15-8-10-19(28)18(26)13-15)27(25(31)24(21)30)17-6-4-3-5-7-17/h3-13,22,28-29H,1-2H3/b23-21-. The van der Waals surface area contributed by atoms with Gasteiger partial charge in [-0.25, -0.2) is 0 Å². The van der Waals surface area contributed by atoms with Crippen LogP contribution in [0.1, 0.15) is 22.7 Å². The lowest BCUT2D eigenvalue weighted by Crippen LogP contribution is -2.29. The number of para-hydroxylation sites is 1. The predicted molar refractivity (Wildman–Crippen MR) is 122 cm³/mol. The SMILES string of the molecule is COc1ccc(/C(O)=C2/C(=O)C(=O)N(c3ccccc3)C2c2ccc(O)c(Cl)c2)cc1C. The number of Topliss-reactive ketones (excluding diaryl/α,β-unsaturated/α-hetero) is 1. The molecule has 0 bridgehead atoms. The summed E-state index contributed by atoms with van der Waals surface area (Å²) >= 11 is 6.13. The molecule has 0 radical (unpaired) electrons. The number of benzene rings is 3. The quantitative estimate of drug-likeness (QED) is 0.333. The zero-order valence-corrected chi connectivity index (χ0v) is 18.1. The number of carbonyl (C=O) groups excluding carboxylic acids is 2. The number of halogens is 1. The number of methoxy groups -OCH3 is 1. The topological polar surface area (TPSA) is 87.1 Å². The molecule has 6 nitrogen and oxygen atoms in total. The van der Waals surface area contributed by atoms with Crippen LogP contribution >= 0.6 is 11.6 Å². The third kappa shape index (κ3) is 3.59. The number of aromatic hydroxyl groups is 1. The summed E-state index contributed by atoms with van der Waals surface area (Å²) in [6, 6.07) is 17.2. The van der Waals surface area contributed by atoms with Gasteiger partial charge in [-0.2, -0.15) is 0 Å². The minimum Gasteiger partial charge on any atom is -0.507 e. The molecule has 1 fully saturated rings. The smallest absolute Gasteiger partial charge is 0.300 e. The van der Waals surface area contributed by atoms with Gasteiger partial charge in [-0.15, -0.1) is 0 Å². The van der Waals surface area contributed by atoms with Gasteiger partial charge in [-0.1, -0.05) is 35.9 Å². The number of nitrogens with zero attached hydrogens (tertiary/aromatic N) is 1. The molecule has 0 saturated carbocycles. The molecule has 0 spiro atoms. The van der Waals surface area contributed by atoms with Gasteiger partial charge >= 0.3 is 0 Å². The van der Waals surface area contributed by atoms with Gasteiger partial charge in [0.25, 0.3) is 11.7 Å². The second kappa shape index (κ2) is 8.40. The number of ketones is 1. The molecule has 1 heterocycles. The fraction of sp³-hybridized carbons (Fsp3) is 0.120. The minimum atomic E-state index is -0.932. The van der Waals surface area contributed by atoms with Gasteiger partial charge in [-0.05, 0) is 60.5 Å².